The summed E-state index contributed by atoms with van der Waals surface area (Å²) in [7, 11) is 0. The van der Waals surface area contributed by atoms with Gasteiger partial charge >= 0.3 is 5.97 Å². The van der Waals surface area contributed by atoms with Crippen molar-refractivity contribution in [2.24, 2.45) is 0 Å². The van der Waals surface area contributed by atoms with E-state index in [-0.39, 0.29) is 12.1 Å². The molecule has 7 nitrogen and oxygen atoms in total. The fraction of sp³-hybridized carbons (Fsp3) is 0.385. The normalized spacial score (nSPS) is 18.3. The number of hydrogen-bond acceptors (Lipinski definition) is 4. The van der Waals surface area contributed by atoms with Gasteiger partial charge in [-0.2, -0.15) is 0 Å². The molecule has 1 saturated heterocycles. The first-order valence-corrected chi connectivity index (χ1v) is 6.39. The number of aliphatic carboxylic acids is 1. The molecular formula is C13H13FN2O5. The van der Waals surface area contributed by atoms with Crippen LogP contribution < -0.4 is 0 Å². The van der Waals surface area contributed by atoms with Crippen molar-refractivity contribution in [2.45, 2.75) is 25.3 Å². The molecule has 0 aromatic heterocycles. The lowest BCUT2D eigenvalue weighted by molar-refractivity contribution is -0.385. The van der Waals surface area contributed by atoms with Crippen LogP contribution in [0.2, 0.25) is 0 Å². The van der Waals surface area contributed by atoms with Crippen molar-refractivity contribution in [3.05, 3.63) is 39.7 Å². The van der Waals surface area contributed by atoms with Gasteiger partial charge in [-0.1, -0.05) is 0 Å². The van der Waals surface area contributed by atoms with E-state index in [1.54, 1.807) is 0 Å². The van der Waals surface area contributed by atoms with E-state index in [0.29, 0.717) is 25.3 Å². The van der Waals surface area contributed by atoms with Crippen LogP contribution in [-0.4, -0.2) is 39.4 Å². The second kappa shape index (κ2) is 5.86. The minimum atomic E-state index is -1.15. The molecule has 0 aliphatic carbocycles. The molecule has 112 valence electrons. The predicted octanol–water partition coefficient (Wildman–Crippen LogP) is 1.81. The number of hydrogen-bond donors (Lipinski definition) is 1. The molecule has 0 radical (unpaired) electrons. The van der Waals surface area contributed by atoms with E-state index < -0.39 is 34.3 Å². The van der Waals surface area contributed by atoms with Gasteiger partial charge in [-0.15, -0.1) is 0 Å². The summed E-state index contributed by atoms with van der Waals surface area (Å²) in [6, 6.07) is 1.62. The number of rotatable bonds is 3. The van der Waals surface area contributed by atoms with Crippen molar-refractivity contribution in [2.75, 3.05) is 6.54 Å². The van der Waals surface area contributed by atoms with Gasteiger partial charge in [0, 0.05) is 6.54 Å². The first kappa shape index (κ1) is 14.9. The Morgan fingerprint density at radius 3 is 2.71 bits per heavy atom. The van der Waals surface area contributed by atoms with Gasteiger partial charge in [0.05, 0.1) is 11.0 Å². The van der Waals surface area contributed by atoms with Crippen LogP contribution in [0.1, 0.15) is 29.6 Å². The van der Waals surface area contributed by atoms with E-state index in [9.17, 15) is 24.1 Å². The monoisotopic (exact) mass is 296 g/mol. The van der Waals surface area contributed by atoms with Gasteiger partial charge in [0.1, 0.15) is 17.4 Å². The minimum Gasteiger partial charge on any atom is -0.480 e. The molecule has 1 N–H and O–H groups in total. The Bertz CT molecular complexity index is 604. The molecule has 1 aromatic rings. The summed E-state index contributed by atoms with van der Waals surface area (Å²) in [5.74, 6) is -2.73. The third-order valence-electron chi connectivity index (χ3n) is 3.44. The fourth-order valence-corrected chi connectivity index (χ4v) is 2.42. The molecule has 1 unspecified atom stereocenters. The molecule has 1 aliphatic heterocycles. The average Bonchev–Trinajstić information content (AvgIpc) is 2.46. The molecule has 8 heteroatoms. The van der Waals surface area contributed by atoms with Crippen molar-refractivity contribution < 1.29 is 24.0 Å². The highest BCUT2D eigenvalue weighted by molar-refractivity contribution is 6.00. The van der Waals surface area contributed by atoms with Crippen LogP contribution >= 0.6 is 0 Å². The summed E-state index contributed by atoms with van der Waals surface area (Å²) < 4.78 is 13.1. The number of benzene rings is 1. The second-order valence-corrected chi connectivity index (χ2v) is 4.77. The topological polar surface area (TPSA) is 101 Å². The maximum absolute atomic E-state index is 13.1. The Morgan fingerprint density at radius 1 is 1.38 bits per heavy atom. The van der Waals surface area contributed by atoms with Crippen molar-refractivity contribution in [3.8, 4) is 0 Å². The van der Waals surface area contributed by atoms with Crippen molar-refractivity contribution in [1.82, 2.24) is 4.90 Å². The zero-order valence-electron chi connectivity index (χ0n) is 11.0. The van der Waals surface area contributed by atoms with Crippen LogP contribution in [0.5, 0.6) is 0 Å². The van der Waals surface area contributed by atoms with Gasteiger partial charge in [-0.3, -0.25) is 14.9 Å². The average molecular weight is 296 g/mol. The van der Waals surface area contributed by atoms with E-state index >= 15 is 0 Å². The highest BCUT2D eigenvalue weighted by atomic mass is 19.1. The van der Waals surface area contributed by atoms with Gasteiger partial charge in [-0.25, -0.2) is 9.18 Å². The highest BCUT2D eigenvalue weighted by Crippen LogP contribution is 2.25. The van der Waals surface area contributed by atoms with Gasteiger partial charge in [0.2, 0.25) is 0 Å². The number of likely N-dealkylation sites (tertiary alicyclic amines) is 1. The largest absolute Gasteiger partial charge is 0.480 e. The number of amides is 1. The maximum Gasteiger partial charge on any atom is 0.326 e. The molecule has 0 saturated carbocycles. The Hall–Kier alpha value is -2.51. The Morgan fingerprint density at radius 2 is 2.10 bits per heavy atom. The first-order valence-electron chi connectivity index (χ1n) is 6.39. The molecule has 0 spiro atoms. The van der Waals surface area contributed by atoms with E-state index in [1.165, 1.54) is 0 Å². The summed E-state index contributed by atoms with van der Waals surface area (Å²) in [5.41, 5.74) is -0.954. The highest BCUT2D eigenvalue weighted by Gasteiger charge is 2.35. The van der Waals surface area contributed by atoms with E-state index in [4.69, 9.17) is 5.11 Å². The van der Waals surface area contributed by atoms with Crippen molar-refractivity contribution in [1.29, 1.82) is 0 Å². The standard InChI is InChI=1S/C13H13FN2O5/c14-8-4-5-9(11(7-8)16(20)21)12(17)15-6-2-1-3-10(15)13(18)19/h4-5,7,10H,1-3,6H2,(H,18,19). The molecule has 1 heterocycles. The number of carboxylic acids is 1. The van der Waals surface area contributed by atoms with Crippen molar-refractivity contribution >= 4 is 17.6 Å². The summed E-state index contributed by atoms with van der Waals surface area (Å²) >= 11 is 0. The Kier molecular flexibility index (Phi) is 4.15. The van der Waals surface area contributed by atoms with E-state index in [0.717, 1.165) is 17.0 Å². The molecule has 1 aliphatic rings. The number of nitro benzene ring substituents is 1. The lowest BCUT2D eigenvalue weighted by atomic mass is 10.0. The summed E-state index contributed by atoms with van der Waals surface area (Å²) in [5, 5.41) is 20.1. The smallest absolute Gasteiger partial charge is 0.326 e. The lowest BCUT2D eigenvalue weighted by Gasteiger charge is -2.32. The third kappa shape index (κ3) is 2.99. The van der Waals surface area contributed by atoms with Crippen LogP contribution in [0.3, 0.4) is 0 Å². The number of nitro groups is 1. The van der Waals surface area contributed by atoms with Crippen LogP contribution in [0.25, 0.3) is 0 Å². The molecule has 1 amide bonds. The Balaban J connectivity index is 2.39. The van der Waals surface area contributed by atoms with Crippen LogP contribution in [0, 0.1) is 15.9 Å². The Labute approximate surface area is 119 Å². The van der Waals surface area contributed by atoms with Gasteiger partial charge in [0.15, 0.2) is 0 Å². The second-order valence-electron chi connectivity index (χ2n) is 4.77. The zero-order valence-corrected chi connectivity index (χ0v) is 11.0. The minimum absolute atomic E-state index is 0.213. The van der Waals surface area contributed by atoms with E-state index in [1.807, 2.05) is 0 Å². The number of carbonyl (C=O) groups is 2. The summed E-state index contributed by atoms with van der Waals surface area (Å²) in [6.45, 7) is 0.213. The fourth-order valence-electron chi connectivity index (χ4n) is 2.42. The number of halogens is 1. The van der Waals surface area contributed by atoms with Crippen LogP contribution in [0.15, 0.2) is 18.2 Å². The van der Waals surface area contributed by atoms with Crippen LogP contribution in [0.4, 0.5) is 10.1 Å². The van der Waals surface area contributed by atoms with Crippen molar-refractivity contribution in [3.63, 3.8) is 0 Å². The maximum atomic E-state index is 13.1. The lowest BCUT2D eigenvalue weighted by Crippen LogP contribution is -2.48. The zero-order chi connectivity index (χ0) is 15.6. The first-order chi connectivity index (χ1) is 9.91. The summed E-state index contributed by atoms with van der Waals surface area (Å²) in [4.78, 5) is 34.8. The summed E-state index contributed by atoms with van der Waals surface area (Å²) in [6.07, 6.45) is 1.60. The predicted molar refractivity (Wildman–Crippen MR) is 69.4 cm³/mol. The van der Waals surface area contributed by atoms with Crippen LogP contribution in [-0.2, 0) is 4.79 Å². The van der Waals surface area contributed by atoms with Gasteiger partial charge < -0.3 is 10.0 Å². The van der Waals surface area contributed by atoms with Gasteiger partial charge in [-0.05, 0) is 31.4 Å². The molecule has 1 fully saturated rings. The molecule has 0 bridgehead atoms. The number of nitrogens with zero attached hydrogens (tertiary/aromatic N) is 2. The molecule has 1 atom stereocenters. The molecule has 1 aromatic carbocycles. The van der Waals surface area contributed by atoms with Gasteiger partial charge in [0.25, 0.3) is 11.6 Å². The molecule has 21 heavy (non-hydrogen) atoms. The quantitative estimate of drug-likeness (QED) is 0.677. The number of carboxylic acid groups (broad SMARTS) is 1. The molecule has 2 rings (SSSR count). The third-order valence-corrected chi connectivity index (χ3v) is 3.44. The number of carbonyl (C=O) groups excluding carboxylic acids is 1. The molecular weight excluding hydrogens is 283 g/mol. The SMILES string of the molecule is O=C(O)C1CCCCN1C(=O)c1ccc(F)cc1[N+](=O)[O-]. The number of piperidine rings is 1. The van der Waals surface area contributed by atoms with E-state index in [2.05, 4.69) is 0 Å².